The molecule has 2 rings (SSSR count). The van der Waals surface area contributed by atoms with Crippen molar-refractivity contribution in [3.8, 4) is 11.5 Å². The maximum Gasteiger partial charge on any atom is 0.220 e. The van der Waals surface area contributed by atoms with Crippen LogP contribution < -0.4 is 14.8 Å². The second-order valence-electron chi connectivity index (χ2n) is 5.70. The van der Waals surface area contributed by atoms with Gasteiger partial charge in [0, 0.05) is 6.42 Å². The van der Waals surface area contributed by atoms with E-state index in [4.69, 9.17) is 9.47 Å². The van der Waals surface area contributed by atoms with Crippen LogP contribution in [-0.4, -0.2) is 20.1 Å². The topological polar surface area (TPSA) is 47.6 Å². The third-order valence-electron chi connectivity index (χ3n) is 3.93. The fourth-order valence-corrected chi connectivity index (χ4v) is 2.58. The van der Waals surface area contributed by atoms with Crippen molar-refractivity contribution in [3.63, 3.8) is 0 Å². The van der Waals surface area contributed by atoms with Gasteiger partial charge in [-0.15, -0.1) is 0 Å². The summed E-state index contributed by atoms with van der Waals surface area (Å²) in [5, 5.41) is 3.14. The number of carbonyl (C=O) groups excluding carboxylic acids is 1. The number of rotatable bonds is 8. The first-order valence-corrected chi connectivity index (χ1v) is 8.22. The van der Waals surface area contributed by atoms with Crippen LogP contribution in [0.4, 0.5) is 0 Å². The normalized spacial score (nSPS) is 11.6. The summed E-state index contributed by atoms with van der Waals surface area (Å²) in [5.74, 6) is 1.71. The Labute approximate surface area is 143 Å². The zero-order valence-corrected chi connectivity index (χ0v) is 14.5. The van der Waals surface area contributed by atoms with Gasteiger partial charge in [-0.25, -0.2) is 0 Å². The van der Waals surface area contributed by atoms with Gasteiger partial charge in [0.05, 0.1) is 20.3 Å². The van der Waals surface area contributed by atoms with E-state index in [1.807, 2.05) is 55.5 Å². The van der Waals surface area contributed by atoms with Crippen molar-refractivity contribution < 1.29 is 14.3 Å². The Morgan fingerprint density at radius 2 is 1.50 bits per heavy atom. The maximum atomic E-state index is 12.1. The van der Waals surface area contributed by atoms with E-state index >= 15 is 0 Å². The standard InChI is InChI=1S/C20H25NO3/c1-4-5-20(22)21-19(16-8-12-18(24-3)13-9-16)14-15-6-10-17(23-2)11-7-15/h6-13,19H,4-5,14H2,1-3H3,(H,21,22)/t19-/m1/s1. The Kier molecular flexibility index (Phi) is 6.67. The van der Waals surface area contributed by atoms with Crippen LogP contribution in [0.25, 0.3) is 0 Å². The molecule has 0 aliphatic carbocycles. The monoisotopic (exact) mass is 327 g/mol. The van der Waals surface area contributed by atoms with E-state index in [1.54, 1.807) is 14.2 Å². The van der Waals surface area contributed by atoms with Crippen molar-refractivity contribution in [3.05, 3.63) is 59.7 Å². The van der Waals surface area contributed by atoms with Crippen molar-refractivity contribution in [1.29, 1.82) is 0 Å². The molecule has 4 nitrogen and oxygen atoms in total. The maximum absolute atomic E-state index is 12.1. The number of nitrogens with one attached hydrogen (secondary N) is 1. The molecule has 0 radical (unpaired) electrons. The molecule has 4 heteroatoms. The van der Waals surface area contributed by atoms with E-state index in [1.165, 1.54) is 0 Å². The van der Waals surface area contributed by atoms with Crippen LogP contribution in [0.1, 0.15) is 36.9 Å². The average Bonchev–Trinajstić information content (AvgIpc) is 2.62. The van der Waals surface area contributed by atoms with Gasteiger partial charge in [0.1, 0.15) is 11.5 Å². The zero-order valence-electron chi connectivity index (χ0n) is 14.5. The summed E-state index contributed by atoms with van der Waals surface area (Å²) in [6.45, 7) is 2.01. The summed E-state index contributed by atoms with van der Waals surface area (Å²) in [6.07, 6.45) is 2.10. The Morgan fingerprint density at radius 3 is 2.00 bits per heavy atom. The first kappa shape index (κ1) is 17.9. The molecule has 1 atom stereocenters. The Bertz CT molecular complexity index is 635. The second kappa shape index (κ2) is 8.96. The third kappa shape index (κ3) is 5.01. The zero-order chi connectivity index (χ0) is 17.4. The molecule has 2 aromatic rings. The molecule has 128 valence electrons. The number of ether oxygens (including phenoxy) is 2. The average molecular weight is 327 g/mol. The van der Waals surface area contributed by atoms with E-state index in [-0.39, 0.29) is 11.9 Å². The quantitative estimate of drug-likeness (QED) is 0.800. The van der Waals surface area contributed by atoms with E-state index in [9.17, 15) is 4.79 Å². The lowest BCUT2D eigenvalue weighted by molar-refractivity contribution is -0.121. The predicted molar refractivity (Wildman–Crippen MR) is 95.5 cm³/mol. The van der Waals surface area contributed by atoms with Gasteiger partial charge in [-0.2, -0.15) is 0 Å². The molecular formula is C20H25NO3. The van der Waals surface area contributed by atoms with Crippen molar-refractivity contribution in [2.24, 2.45) is 0 Å². The van der Waals surface area contributed by atoms with Gasteiger partial charge in [-0.05, 0) is 48.2 Å². The lowest BCUT2D eigenvalue weighted by Gasteiger charge is -2.20. The highest BCUT2D eigenvalue weighted by atomic mass is 16.5. The molecule has 0 aromatic heterocycles. The first-order chi connectivity index (χ1) is 11.7. The van der Waals surface area contributed by atoms with Gasteiger partial charge >= 0.3 is 0 Å². The summed E-state index contributed by atoms with van der Waals surface area (Å²) < 4.78 is 10.4. The van der Waals surface area contributed by atoms with E-state index in [0.29, 0.717) is 6.42 Å². The fourth-order valence-electron chi connectivity index (χ4n) is 2.58. The SMILES string of the molecule is CCCC(=O)N[C@H](Cc1ccc(OC)cc1)c1ccc(OC)cc1. The van der Waals surface area contributed by atoms with Crippen LogP contribution in [0, 0.1) is 0 Å². The summed E-state index contributed by atoms with van der Waals surface area (Å²) >= 11 is 0. The summed E-state index contributed by atoms with van der Waals surface area (Å²) in [7, 11) is 3.30. The van der Waals surface area contributed by atoms with Gasteiger partial charge < -0.3 is 14.8 Å². The molecule has 0 heterocycles. The van der Waals surface area contributed by atoms with Gasteiger partial charge in [0.15, 0.2) is 0 Å². The first-order valence-electron chi connectivity index (χ1n) is 8.22. The predicted octanol–water partition coefficient (Wildman–Crippen LogP) is 3.90. The lowest BCUT2D eigenvalue weighted by atomic mass is 9.98. The summed E-state index contributed by atoms with van der Waals surface area (Å²) in [4.78, 5) is 12.1. The van der Waals surface area contributed by atoms with Gasteiger partial charge in [0.2, 0.25) is 5.91 Å². The Balaban J connectivity index is 2.18. The number of amides is 1. The number of benzene rings is 2. The van der Waals surface area contributed by atoms with Crippen LogP contribution in [0.2, 0.25) is 0 Å². The number of hydrogen-bond donors (Lipinski definition) is 1. The molecule has 1 N–H and O–H groups in total. The molecule has 0 fully saturated rings. The van der Waals surface area contributed by atoms with Crippen molar-refractivity contribution in [2.75, 3.05) is 14.2 Å². The highest BCUT2D eigenvalue weighted by molar-refractivity contribution is 5.76. The lowest BCUT2D eigenvalue weighted by Crippen LogP contribution is -2.29. The van der Waals surface area contributed by atoms with Crippen molar-refractivity contribution in [1.82, 2.24) is 5.32 Å². The van der Waals surface area contributed by atoms with Gasteiger partial charge in [0.25, 0.3) is 0 Å². The molecule has 0 saturated heterocycles. The highest BCUT2D eigenvalue weighted by Crippen LogP contribution is 2.23. The summed E-state index contributed by atoms with van der Waals surface area (Å²) in [5.41, 5.74) is 2.21. The molecular weight excluding hydrogens is 302 g/mol. The minimum Gasteiger partial charge on any atom is -0.497 e. The second-order valence-corrected chi connectivity index (χ2v) is 5.70. The molecule has 0 bridgehead atoms. The Morgan fingerprint density at radius 1 is 0.958 bits per heavy atom. The molecule has 2 aromatic carbocycles. The van der Waals surface area contributed by atoms with E-state index in [2.05, 4.69) is 5.32 Å². The molecule has 0 aliphatic heterocycles. The molecule has 24 heavy (non-hydrogen) atoms. The van der Waals surface area contributed by atoms with Crippen LogP contribution in [0.15, 0.2) is 48.5 Å². The molecule has 0 aliphatic rings. The number of carbonyl (C=O) groups is 1. The Hall–Kier alpha value is -2.49. The number of hydrogen-bond acceptors (Lipinski definition) is 3. The van der Waals surface area contributed by atoms with Crippen LogP contribution in [0.3, 0.4) is 0 Å². The molecule has 1 amide bonds. The highest BCUT2D eigenvalue weighted by Gasteiger charge is 2.15. The smallest absolute Gasteiger partial charge is 0.220 e. The molecule has 0 saturated carbocycles. The minimum atomic E-state index is -0.0663. The number of methoxy groups -OCH3 is 2. The van der Waals surface area contributed by atoms with Crippen molar-refractivity contribution >= 4 is 5.91 Å². The van der Waals surface area contributed by atoms with Crippen LogP contribution in [0.5, 0.6) is 11.5 Å². The molecule has 0 unspecified atom stereocenters. The molecule has 0 spiro atoms. The van der Waals surface area contributed by atoms with Gasteiger partial charge in [-0.3, -0.25) is 4.79 Å². The minimum absolute atomic E-state index is 0.0663. The fraction of sp³-hybridized carbons (Fsp3) is 0.350. The van der Waals surface area contributed by atoms with Gasteiger partial charge in [-0.1, -0.05) is 31.2 Å². The van der Waals surface area contributed by atoms with Crippen molar-refractivity contribution in [2.45, 2.75) is 32.2 Å². The largest absolute Gasteiger partial charge is 0.497 e. The van der Waals surface area contributed by atoms with E-state index < -0.39 is 0 Å². The van der Waals surface area contributed by atoms with Crippen LogP contribution in [-0.2, 0) is 11.2 Å². The van der Waals surface area contributed by atoms with Crippen LogP contribution >= 0.6 is 0 Å². The summed E-state index contributed by atoms with van der Waals surface area (Å²) in [6, 6.07) is 15.7. The third-order valence-corrected chi connectivity index (χ3v) is 3.93. The van der Waals surface area contributed by atoms with E-state index in [0.717, 1.165) is 35.5 Å².